The van der Waals surface area contributed by atoms with E-state index in [1.807, 2.05) is 0 Å². The van der Waals surface area contributed by atoms with Crippen LogP contribution in [0.5, 0.6) is 0 Å². The van der Waals surface area contributed by atoms with E-state index in [0.29, 0.717) is 13.0 Å². The summed E-state index contributed by atoms with van der Waals surface area (Å²) in [6.07, 6.45) is 0.603. The monoisotopic (exact) mass is 284 g/mol. The maximum absolute atomic E-state index is 12.7. The van der Waals surface area contributed by atoms with Crippen molar-refractivity contribution in [2.75, 3.05) is 12.3 Å². The van der Waals surface area contributed by atoms with Gasteiger partial charge in [-0.05, 0) is 24.1 Å². The summed E-state index contributed by atoms with van der Waals surface area (Å²) >= 11 is 4.02. The Labute approximate surface area is 117 Å². The van der Waals surface area contributed by atoms with Gasteiger partial charge >= 0.3 is 0 Å². The molecule has 19 heavy (non-hydrogen) atoms. The van der Waals surface area contributed by atoms with Crippen LogP contribution in [0.25, 0.3) is 0 Å². The lowest BCUT2D eigenvalue weighted by molar-refractivity contribution is -0.127. The van der Waals surface area contributed by atoms with Gasteiger partial charge in [0.25, 0.3) is 0 Å². The van der Waals surface area contributed by atoms with E-state index in [0.717, 1.165) is 5.56 Å². The van der Waals surface area contributed by atoms with Crippen molar-refractivity contribution in [3.63, 3.8) is 0 Å². The number of carbonyl (C=O) groups excluding carboxylic acids is 2. The van der Waals surface area contributed by atoms with Crippen LogP contribution in [0.1, 0.15) is 12.5 Å². The molecule has 0 saturated heterocycles. The van der Waals surface area contributed by atoms with Crippen LogP contribution in [-0.2, 0) is 16.0 Å². The van der Waals surface area contributed by atoms with Gasteiger partial charge in [0.05, 0.1) is 0 Å². The molecule has 6 heteroatoms. The van der Waals surface area contributed by atoms with Crippen LogP contribution in [0.15, 0.2) is 24.3 Å². The molecule has 1 atom stereocenters. The van der Waals surface area contributed by atoms with Crippen molar-refractivity contribution in [2.24, 2.45) is 0 Å². The first-order chi connectivity index (χ1) is 9.02. The van der Waals surface area contributed by atoms with Gasteiger partial charge in [0.1, 0.15) is 11.9 Å². The molecule has 1 rings (SSSR count). The fourth-order valence-electron chi connectivity index (χ4n) is 1.54. The summed E-state index contributed by atoms with van der Waals surface area (Å²) in [5, 5.41) is 5.21. The van der Waals surface area contributed by atoms with Crippen LogP contribution in [0.3, 0.4) is 0 Å². The minimum absolute atomic E-state index is 0.238. The lowest BCUT2D eigenvalue weighted by atomic mass is 10.1. The molecule has 1 aromatic rings. The summed E-state index contributed by atoms with van der Waals surface area (Å²) < 4.78 is 12.7. The van der Waals surface area contributed by atoms with Crippen molar-refractivity contribution in [3.8, 4) is 0 Å². The van der Waals surface area contributed by atoms with E-state index >= 15 is 0 Å². The van der Waals surface area contributed by atoms with Crippen molar-refractivity contribution in [1.82, 2.24) is 10.6 Å². The summed E-state index contributed by atoms with van der Waals surface area (Å²) in [5.41, 5.74) is 0.934. The quantitative estimate of drug-likeness (QED) is 0.680. The van der Waals surface area contributed by atoms with Crippen molar-refractivity contribution in [1.29, 1.82) is 0 Å². The molecule has 4 nitrogen and oxygen atoms in total. The van der Waals surface area contributed by atoms with Crippen molar-refractivity contribution >= 4 is 24.4 Å². The van der Waals surface area contributed by atoms with Gasteiger partial charge in [-0.15, -0.1) is 0 Å². The predicted octanol–water partition coefficient (Wildman–Crippen LogP) is 0.919. The predicted molar refractivity (Wildman–Crippen MR) is 74.6 cm³/mol. The highest BCUT2D eigenvalue weighted by atomic mass is 32.1. The lowest BCUT2D eigenvalue weighted by Crippen LogP contribution is -2.47. The van der Waals surface area contributed by atoms with Crippen molar-refractivity contribution in [3.05, 3.63) is 35.6 Å². The lowest BCUT2D eigenvalue weighted by Gasteiger charge is -2.15. The Morgan fingerprint density at radius 3 is 2.47 bits per heavy atom. The Kier molecular flexibility index (Phi) is 6.35. The van der Waals surface area contributed by atoms with Gasteiger partial charge in [-0.2, -0.15) is 12.6 Å². The van der Waals surface area contributed by atoms with Gasteiger partial charge < -0.3 is 10.6 Å². The number of rotatable bonds is 6. The summed E-state index contributed by atoms with van der Waals surface area (Å²) in [4.78, 5) is 22.6. The van der Waals surface area contributed by atoms with Gasteiger partial charge in [-0.1, -0.05) is 12.1 Å². The SMILES string of the molecule is CC(=O)NC(CS)C(=O)NCCc1ccc(F)cc1. The molecular weight excluding hydrogens is 267 g/mol. The molecule has 0 spiro atoms. The minimum Gasteiger partial charge on any atom is -0.354 e. The first-order valence-corrected chi connectivity index (χ1v) is 6.56. The van der Waals surface area contributed by atoms with Crippen LogP contribution >= 0.6 is 12.6 Å². The van der Waals surface area contributed by atoms with Gasteiger partial charge in [-0.25, -0.2) is 4.39 Å². The number of halogens is 1. The molecule has 0 aromatic heterocycles. The number of benzene rings is 1. The van der Waals surface area contributed by atoms with Gasteiger partial charge in [0, 0.05) is 19.2 Å². The van der Waals surface area contributed by atoms with E-state index in [4.69, 9.17) is 0 Å². The van der Waals surface area contributed by atoms with E-state index < -0.39 is 6.04 Å². The topological polar surface area (TPSA) is 58.2 Å². The molecule has 1 aromatic carbocycles. The van der Waals surface area contributed by atoms with E-state index in [-0.39, 0.29) is 23.4 Å². The Morgan fingerprint density at radius 1 is 1.32 bits per heavy atom. The van der Waals surface area contributed by atoms with E-state index in [1.165, 1.54) is 19.1 Å². The normalized spacial score (nSPS) is 11.7. The number of carbonyl (C=O) groups is 2. The molecule has 2 amide bonds. The zero-order valence-electron chi connectivity index (χ0n) is 10.6. The second-order valence-electron chi connectivity index (χ2n) is 4.10. The van der Waals surface area contributed by atoms with Crippen molar-refractivity contribution in [2.45, 2.75) is 19.4 Å². The molecule has 0 fully saturated rings. The third-order valence-electron chi connectivity index (χ3n) is 2.50. The molecule has 104 valence electrons. The van der Waals surface area contributed by atoms with E-state index in [9.17, 15) is 14.0 Å². The Balaban J connectivity index is 2.37. The molecule has 0 aliphatic carbocycles. The number of amides is 2. The molecule has 0 bridgehead atoms. The number of hydrogen-bond donors (Lipinski definition) is 3. The van der Waals surface area contributed by atoms with Crippen molar-refractivity contribution < 1.29 is 14.0 Å². The largest absolute Gasteiger partial charge is 0.354 e. The van der Waals surface area contributed by atoms with Crippen LogP contribution in [-0.4, -0.2) is 30.2 Å². The molecule has 1 unspecified atom stereocenters. The standard InChI is InChI=1S/C13H17FN2O2S/c1-9(17)16-12(8-19)13(18)15-7-6-10-2-4-11(14)5-3-10/h2-5,12,19H,6-8H2,1H3,(H,15,18)(H,16,17). The summed E-state index contributed by atoms with van der Waals surface area (Å²) in [6.45, 7) is 1.77. The van der Waals surface area contributed by atoms with Crippen LogP contribution in [0.2, 0.25) is 0 Å². The number of thiol groups is 1. The third-order valence-corrected chi connectivity index (χ3v) is 2.87. The Morgan fingerprint density at radius 2 is 1.95 bits per heavy atom. The fraction of sp³-hybridized carbons (Fsp3) is 0.385. The fourth-order valence-corrected chi connectivity index (χ4v) is 1.80. The highest BCUT2D eigenvalue weighted by Gasteiger charge is 2.16. The highest BCUT2D eigenvalue weighted by molar-refractivity contribution is 7.80. The first kappa shape index (κ1) is 15.5. The van der Waals surface area contributed by atoms with Gasteiger partial charge in [0.2, 0.25) is 11.8 Å². The average Bonchev–Trinajstić information content (AvgIpc) is 2.38. The van der Waals surface area contributed by atoms with Crippen LogP contribution in [0.4, 0.5) is 4.39 Å². The van der Waals surface area contributed by atoms with Crippen LogP contribution < -0.4 is 10.6 Å². The number of nitrogens with one attached hydrogen (secondary N) is 2. The first-order valence-electron chi connectivity index (χ1n) is 5.93. The smallest absolute Gasteiger partial charge is 0.243 e. The maximum atomic E-state index is 12.7. The van der Waals surface area contributed by atoms with E-state index in [2.05, 4.69) is 23.3 Å². The maximum Gasteiger partial charge on any atom is 0.243 e. The molecule has 0 aliphatic heterocycles. The zero-order valence-corrected chi connectivity index (χ0v) is 11.5. The zero-order chi connectivity index (χ0) is 14.3. The second-order valence-corrected chi connectivity index (χ2v) is 4.47. The summed E-state index contributed by atoms with van der Waals surface area (Å²) in [5.74, 6) is -0.587. The van der Waals surface area contributed by atoms with Gasteiger partial charge in [0.15, 0.2) is 0 Å². The molecule has 0 radical (unpaired) electrons. The van der Waals surface area contributed by atoms with E-state index in [1.54, 1.807) is 12.1 Å². The summed E-state index contributed by atoms with van der Waals surface area (Å²) in [7, 11) is 0. The molecule has 0 aliphatic rings. The molecular formula is C13H17FN2O2S. The Hall–Kier alpha value is -1.56. The highest BCUT2D eigenvalue weighted by Crippen LogP contribution is 2.02. The molecule has 0 heterocycles. The van der Waals surface area contributed by atoms with Crippen LogP contribution in [0, 0.1) is 5.82 Å². The van der Waals surface area contributed by atoms with Gasteiger partial charge in [-0.3, -0.25) is 9.59 Å². The Bertz CT molecular complexity index is 437. The third kappa shape index (κ3) is 5.74. The average molecular weight is 284 g/mol. The number of hydrogen-bond acceptors (Lipinski definition) is 3. The summed E-state index contributed by atoms with van der Waals surface area (Å²) in [6, 6.07) is 5.47. The minimum atomic E-state index is -0.631. The second kappa shape index (κ2) is 7.78. The molecule has 0 saturated carbocycles. The molecule has 2 N–H and O–H groups in total.